The summed E-state index contributed by atoms with van der Waals surface area (Å²) < 4.78 is 0. The number of amides is 3. The molecule has 2 fully saturated rings. The quantitative estimate of drug-likeness (QED) is 0.866. The summed E-state index contributed by atoms with van der Waals surface area (Å²) in [6.45, 7) is 2.28. The minimum Gasteiger partial charge on any atom is -0.340 e. The van der Waals surface area contributed by atoms with Gasteiger partial charge >= 0.3 is 0 Å². The largest absolute Gasteiger partial charge is 0.340 e. The molecule has 3 amide bonds. The summed E-state index contributed by atoms with van der Waals surface area (Å²) in [5, 5.41) is 2.83. The Balaban J connectivity index is 1.36. The van der Waals surface area contributed by atoms with Gasteiger partial charge in [0, 0.05) is 44.1 Å². The van der Waals surface area contributed by atoms with Crippen LogP contribution in [0, 0.1) is 5.92 Å². The highest BCUT2D eigenvalue weighted by Crippen LogP contribution is 2.28. The molecule has 1 saturated heterocycles. The Bertz CT molecular complexity index is 706. The lowest BCUT2D eigenvalue weighted by molar-refractivity contribution is -0.144. The minimum absolute atomic E-state index is 0.0430. The highest BCUT2D eigenvalue weighted by Gasteiger charge is 2.35. The normalized spacial score (nSPS) is 23.5. The molecule has 0 radical (unpaired) electrons. The molecular weight excluding hydrogens is 318 g/mol. The van der Waals surface area contributed by atoms with Gasteiger partial charge in [-0.3, -0.25) is 14.4 Å². The lowest BCUT2D eigenvalue weighted by Gasteiger charge is -2.39. The first-order valence-electron chi connectivity index (χ1n) is 9.10. The SMILES string of the molecule is O=C1N[C@@H](C(=O)N2CCN(C(=O)C3CCC3)CC2)Cc2ccccc21. The van der Waals surface area contributed by atoms with E-state index in [-0.39, 0.29) is 23.6 Å². The number of piperazine rings is 1. The van der Waals surface area contributed by atoms with Crippen LogP contribution in [0.5, 0.6) is 0 Å². The van der Waals surface area contributed by atoms with Gasteiger partial charge in [-0.05, 0) is 24.5 Å². The van der Waals surface area contributed by atoms with E-state index in [1.165, 1.54) is 0 Å². The van der Waals surface area contributed by atoms with Crippen LogP contribution >= 0.6 is 0 Å². The molecule has 0 spiro atoms. The summed E-state index contributed by atoms with van der Waals surface area (Å²) in [5.74, 6) is 0.229. The lowest BCUT2D eigenvalue weighted by Crippen LogP contribution is -2.58. The van der Waals surface area contributed by atoms with E-state index in [1.807, 2.05) is 23.1 Å². The van der Waals surface area contributed by atoms with Crippen molar-refractivity contribution in [2.75, 3.05) is 26.2 Å². The molecule has 1 aromatic carbocycles. The molecule has 0 aromatic heterocycles. The Hall–Kier alpha value is -2.37. The van der Waals surface area contributed by atoms with E-state index in [9.17, 15) is 14.4 Å². The van der Waals surface area contributed by atoms with E-state index in [0.29, 0.717) is 38.2 Å². The number of benzene rings is 1. The fourth-order valence-electron chi connectivity index (χ4n) is 3.86. The number of carbonyl (C=O) groups excluding carboxylic acids is 3. The molecule has 0 unspecified atom stereocenters. The van der Waals surface area contributed by atoms with Crippen LogP contribution < -0.4 is 5.32 Å². The van der Waals surface area contributed by atoms with Crippen molar-refractivity contribution in [2.24, 2.45) is 5.92 Å². The smallest absolute Gasteiger partial charge is 0.252 e. The molecule has 2 aliphatic heterocycles. The molecule has 1 saturated carbocycles. The third-order valence-electron chi connectivity index (χ3n) is 5.65. The predicted molar refractivity (Wildman–Crippen MR) is 91.9 cm³/mol. The van der Waals surface area contributed by atoms with Crippen LogP contribution in [0.2, 0.25) is 0 Å². The molecule has 1 aromatic rings. The maximum absolute atomic E-state index is 12.8. The average Bonchev–Trinajstić information content (AvgIpc) is 2.60. The van der Waals surface area contributed by atoms with E-state index < -0.39 is 6.04 Å². The number of hydrogen-bond acceptors (Lipinski definition) is 3. The Morgan fingerprint density at radius 1 is 0.960 bits per heavy atom. The molecule has 132 valence electrons. The summed E-state index contributed by atoms with van der Waals surface area (Å²) in [4.78, 5) is 41.0. The first-order chi connectivity index (χ1) is 12.1. The van der Waals surface area contributed by atoms with Crippen molar-refractivity contribution in [2.45, 2.75) is 31.7 Å². The number of nitrogens with zero attached hydrogens (tertiary/aromatic N) is 2. The van der Waals surface area contributed by atoms with Gasteiger partial charge in [-0.1, -0.05) is 24.6 Å². The fourth-order valence-corrected chi connectivity index (χ4v) is 3.86. The van der Waals surface area contributed by atoms with Crippen molar-refractivity contribution >= 4 is 17.7 Å². The van der Waals surface area contributed by atoms with E-state index >= 15 is 0 Å². The van der Waals surface area contributed by atoms with Crippen molar-refractivity contribution in [3.05, 3.63) is 35.4 Å². The molecule has 1 N–H and O–H groups in total. The van der Waals surface area contributed by atoms with E-state index in [2.05, 4.69) is 5.32 Å². The lowest BCUT2D eigenvalue weighted by atomic mass is 9.84. The van der Waals surface area contributed by atoms with Gasteiger partial charge in [-0.15, -0.1) is 0 Å². The van der Waals surface area contributed by atoms with Crippen LogP contribution in [0.1, 0.15) is 35.2 Å². The Morgan fingerprint density at radius 3 is 2.24 bits per heavy atom. The van der Waals surface area contributed by atoms with Gasteiger partial charge < -0.3 is 15.1 Å². The number of rotatable bonds is 2. The van der Waals surface area contributed by atoms with Crippen molar-refractivity contribution in [1.82, 2.24) is 15.1 Å². The molecule has 6 heteroatoms. The van der Waals surface area contributed by atoms with Crippen molar-refractivity contribution in [3.8, 4) is 0 Å². The van der Waals surface area contributed by atoms with Crippen LogP contribution in [-0.2, 0) is 16.0 Å². The van der Waals surface area contributed by atoms with Gasteiger partial charge in [0.1, 0.15) is 6.04 Å². The fraction of sp³-hybridized carbons (Fsp3) is 0.526. The zero-order valence-electron chi connectivity index (χ0n) is 14.2. The second-order valence-corrected chi connectivity index (χ2v) is 7.17. The molecule has 3 aliphatic rings. The zero-order valence-corrected chi connectivity index (χ0v) is 14.2. The average molecular weight is 341 g/mol. The number of nitrogens with one attached hydrogen (secondary N) is 1. The van der Waals surface area contributed by atoms with Crippen molar-refractivity contribution in [1.29, 1.82) is 0 Å². The summed E-state index contributed by atoms with van der Waals surface area (Å²) in [7, 11) is 0. The minimum atomic E-state index is -0.503. The third kappa shape index (κ3) is 3.01. The first-order valence-corrected chi connectivity index (χ1v) is 9.10. The van der Waals surface area contributed by atoms with Gasteiger partial charge in [0.25, 0.3) is 5.91 Å². The van der Waals surface area contributed by atoms with Crippen molar-refractivity contribution < 1.29 is 14.4 Å². The van der Waals surface area contributed by atoms with E-state index in [1.54, 1.807) is 11.0 Å². The number of hydrogen-bond donors (Lipinski definition) is 1. The Kier molecular flexibility index (Phi) is 4.19. The van der Waals surface area contributed by atoms with E-state index in [4.69, 9.17) is 0 Å². The van der Waals surface area contributed by atoms with Gasteiger partial charge in [-0.2, -0.15) is 0 Å². The summed E-state index contributed by atoms with van der Waals surface area (Å²) in [6.07, 6.45) is 3.69. The molecule has 1 atom stereocenters. The Morgan fingerprint density at radius 2 is 1.60 bits per heavy atom. The third-order valence-corrected chi connectivity index (χ3v) is 5.65. The molecule has 0 bridgehead atoms. The van der Waals surface area contributed by atoms with Crippen molar-refractivity contribution in [3.63, 3.8) is 0 Å². The van der Waals surface area contributed by atoms with Crippen LogP contribution in [0.15, 0.2) is 24.3 Å². The maximum atomic E-state index is 12.8. The maximum Gasteiger partial charge on any atom is 0.252 e. The van der Waals surface area contributed by atoms with Crippen LogP contribution in [0.3, 0.4) is 0 Å². The molecule has 2 heterocycles. The number of fused-ring (bicyclic) bond motifs is 1. The van der Waals surface area contributed by atoms with Gasteiger partial charge in [-0.25, -0.2) is 0 Å². The topological polar surface area (TPSA) is 69.7 Å². The monoisotopic (exact) mass is 341 g/mol. The van der Waals surface area contributed by atoms with Crippen LogP contribution in [0.4, 0.5) is 0 Å². The summed E-state index contributed by atoms with van der Waals surface area (Å²) in [5.41, 5.74) is 1.57. The second-order valence-electron chi connectivity index (χ2n) is 7.17. The zero-order chi connectivity index (χ0) is 17.4. The van der Waals surface area contributed by atoms with Gasteiger partial charge in [0.2, 0.25) is 11.8 Å². The molecule has 4 rings (SSSR count). The van der Waals surface area contributed by atoms with Crippen LogP contribution in [0.25, 0.3) is 0 Å². The second kappa shape index (κ2) is 6.50. The Labute approximate surface area is 147 Å². The highest BCUT2D eigenvalue weighted by atomic mass is 16.2. The van der Waals surface area contributed by atoms with Gasteiger partial charge in [0.15, 0.2) is 0 Å². The number of carbonyl (C=O) groups is 3. The van der Waals surface area contributed by atoms with Crippen LogP contribution in [-0.4, -0.2) is 59.7 Å². The first kappa shape index (κ1) is 16.1. The standard InChI is InChI=1S/C19H23N3O3/c23-17-15-7-2-1-4-14(15)12-16(20-17)19(25)22-10-8-21(9-11-22)18(24)13-5-3-6-13/h1-2,4,7,13,16H,3,5-6,8-12H2,(H,20,23)/t16-/m1/s1. The molecular formula is C19H23N3O3. The predicted octanol–water partition coefficient (Wildman–Crippen LogP) is 0.812. The summed E-state index contributed by atoms with van der Waals surface area (Å²) in [6, 6.07) is 6.92. The van der Waals surface area contributed by atoms with Gasteiger partial charge in [0.05, 0.1) is 0 Å². The van der Waals surface area contributed by atoms with E-state index in [0.717, 1.165) is 24.8 Å². The molecule has 6 nitrogen and oxygen atoms in total. The molecule has 25 heavy (non-hydrogen) atoms. The highest BCUT2D eigenvalue weighted by molar-refractivity contribution is 6.00. The molecule has 1 aliphatic carbocycles. The summed E-state index contributed by atoms with van der Waals surface area (Å²) >= 11 is 0.